The largest absolute Gasteiger partial charge is 0.476 e. The lowest BCUT2D eigenvalue weighted by Crippen LogP contribution is -2.08. The minimum Gasteiger partial charge on any atom is -0.476 e. The molecule has 0 saturated heterocycles. The summed E-state index contributed by atoms with van der Waals surface area (Å²) in [5.41, 5.74) is 3.69. The van der Waals surface area contributed by atoms with E-state index in [1.807, 2.05) is 38.2 Å². The molecule has 3 aromatic heterocycles. The number of hydrogen-bond acceptors (Lipinski definition) is 5. The highest BCUT2D eigenvalue weighted by molar-refractivity contribution is 5.49. The fourth-order valence-corrected chi connectivity index (χ4v) is 2.59. The molecule has 1 atom stereocenters. The van der Waals surface area contributed by atoms with Crippen molar-refractivity contribution in [3.05, 3.63) is 59.7 Å². The van der Waals surface area contributed by atoms with Crippen LogP contribution in [0.2, 0.25) is 0 Å². The first-order valence-corrected chi connectivity index (χ1v) is 6.69. The Bertz CT molecular complexity index is 809. The molecule has 3 aromatic rings. The summed E-state index contributed by atoms with van der Waals surface area (Å²) >= 11 is 0. The Labute approximate surface area is 121 Å². The lowest BCUT2D eigenvalue weighted by Gasteiger charge is -2.12. The van der Waals surface area contributed by atoms with E-state index in [4.69, 9.17) is 4.74 Å². The van der Waals surface area contributed by atoms with E-state index in [0.717, 1.165) is 28.6 Å². The molecular formula is C15H13N5O. The Hall–Kier alpha value is -2.76. The molecule has 4 heterocycles. The number of hydrogen-bond donors (Lipinski definition) is 0. The quantitative estimate of drug-likeness (QED) is 0.719. The average molecular weight is 279 g/mol. The second-order valence-corrected chi connectivity index (χ2v) is 5.00. The molecule has 104 valence electrons. The number of nitrogens with zero attached hydrogens (tertiary/aromatic N) is 5. The first-order valence-electron chi connectivity index (χ1n) is 6.69. The fourth-order valence-electron chi connectivity index (χ4n) is 2.59. The normalized spacial score (nSPS) is 15.6. The van der Waals surface area contributed by atoms with Gasteiger partial charge in [0.15, 0.2) is 6.10 Å². The van der Waals surface area contributed by atoms with Gasteiger partial charge >= 0.3 is 0 Å². The summed E-state index contributed by atoms with van der Waals surface area (Å²) < 4.78 is 8.12. The molecule has 0 fully saturated rings. The number of ether oxygens (including phenoxy) is 1. The topological polar surface area (TPSA) is 65.7 Å². The second-order valence-electron chi connectivity index (χ2n) is 5.00. The summed E-state index contributed by atoms with van der Waals surface area (Å²) in [6.45, 7) is 3.90. The number of rotatable bonds is 2. The molecule has 1 aliphatic heterocycles. The van der Waals surface area contributed by atoms with Gasteiger partial charge < -0.3 is 4.74 Å². The van der Waals surface area contributed by atoms with Gasteiger partial charge in [0.05, 0.1) is 30.0 Å². The number of pyridine rings is 1. The zero-order valence-electron chi connectivity index (χ0n) is 11.7. The Morgan fingerprint density at radius 1 is 1.10 bits per heavy atom. The van der Waals surface area contributed by atoms with Crippen LogP contribution in [0.1, 0.15) is 29.0 Å². The molecule has 4 rings (SSSR count). The molecule has 0 amide bonds. The summed E-state index contributed by atoms with van der Waals surface area (Å²) in [5, 5.41) is 8.21. The van der Waals surface area contributed by atoms with Crippen molar-refractivity contribution in [2.45, 2.75) is 20.0 Å². The van der Waals surface area contributed by atoms with Gasteiger partial charge in [0.2, 0.25) is 0 Å². The molecule has 6 heteroatoms. The number of fused-ring (bicyclic) bond motifs is 3. The third kappa shape index (κ3) is 1.79. The molecule has 0 spiro atoms. The lowest BCUT2D eigenvalue weighted by atomic mass is 10.2. The highest BCUT2D eigenvalue weighted by Gasteiger charge is 2.34. The number of aromatic nitrogens is 5. The lowest BCUT2D eigenvalue weighted by molar-refractivity contribution is 0.241. The first kappa shape index (κ1) is 12.0. The summed E-state index contributed by atoms with van der Waals surface area (Å²) in [6.07, 6.45) is 4.91. The molecule has 1 aliphatic rings. The maximum absolute atomic E-state index is 6.07. The molecule has 0 saturated carbocycles. The van der Waals surface area contributed by atoms with Crippen LogP contribution in [0.4, 0.5) is 0 Å². The minimum absolute atomic E-state index is 0.306. The van der Waals surface area contributed by atoms with Crippen molar-refractivity contribution in [1.82, 2.24) is 24.7 Å². The smallest absolute Gasteiger partial charge is 0.186 e. The Kier molecular flexibility index (Phi) is 2.50. The monoisotopic (exact) mass is 279 g/mol. The summed E-state index contributed by atoms with van der Waals surface area (Å²) in [7, 11) is 0. The molecule has 21 heavy (non-hydrogen) atoms. The van der Waals surface area contributed by atoms with Gasteiger partial charge in [-0.25, -0.2) is 4.98 Å². The van der Waals surface area contributed by atoms with Crippen molar-refractivity contribution in [2.24, 2.45) is 0 Å². The molecule has 0 aliphatic carbocycles. The van der Waals surface area contributed by atoms with E-state index in [0.29, 0.717) is 5.75 Å². The van der Waals surface area contributed by atoms with E-state index in [-0.39, 0.29) is 6.10 Å². The number of aryl methyl sites for hydroxylation is 2. The molecule has 1 unspecified atom stereocenters. The molecule has 0 bridgehead atoms. The van der Waals surface area contributed by atoms with E-state index in [1.165, 1.54) is 0 Å². The minimum atomic E-state index is -0.306. The molecule has 0 aromatic carbocycles. The van der Waals surface area contributed by atoms with E-state index < -0.39 is 0 Å². The van der Waals surface area contributed by atoms with Gasteiger partial charge in [-0.3, -0.25) is 9.55 Å². The van der Waals surface area contributed by atoms with Crippen LogP contribution in [0.5, 0.6) is 5.75 Å². The standard InChI is InChI=1S/C15H13N5O/c1-9-3-4-11(7-16-9)21-15-13-8-17-10(2)20(13)12-5-6-18-19-14(12)15/h3-8,15H,1-2H3. The van der Waals surface area contributed by atoms with Crippen molar-refractivity contribution in [3.8, 4) is 11.4 Å². The molecule has 0 N–H and O–H groups in total. The molecule has 0 radical (unpaired) electrons. The van der Waals surface area contributed by atoms with Crippen LogP contribution in [-0.2, 0) is 0 Å². The first-order chi connectivity index (χ1) is 10.2. The van der Waals surface area contributed by atoms with Crippen LogP contribution in [0.15, 0.2) is 36.8 Å². The third-order valence-electron chi connectivity index (χ3n) is 3.59. The van der Waals surface area contributed by atoms with Gasteiger partial charge in [-0.15, -0.1) is 5.10 Å². The van der Waals surface area contributed by atoms with Crippen LogP contribution in [0.3, 0.4) is 0 Å². The maximum atomic E-state index is 6.07. The molecular weight excluding hydrogens is 266 g/mol. The zero-order chi connectivity index (χ0) is 14.4. The van der Waals surface area contributed by atoms with Crippen LogP contribution in [0, 0.1) is 13.8 Å². The zero-order valence-corrected chi connectivity index (χ0v) is 11.7. The summed E-state index contributed by atoms with van der Waals surface area (Å²) in [4.78, 5) is 8.62. The van der Waals surface area contributed by atoms with Crippen molar-refractivity contribution < 1.29 is 4.74 Å². The second kappa shape index (κ2) is 4.37. The van der Waals surface area contributed by atoms with Crippen LogP contribution in [0.25, 0.3) is 5.69 Å². The summed E-state index contributed by atoms with van der Waals surface area (Å²) in [6, 6.07) is 5.76. The van der Waals surface area contributed by atoms with E-state index in [9.17, 15) is 0 Å². The molecule has 6 nitrogen and oxygen atoms in total. The average Bonchev–Trinajstić information content (AvgIpc) is 3.02. The van der Waals surface area contributed by atoms with E-state index in [1.54, 1.807) is 12.4 Å². The Morgan fingerprint density at radius 2 is 2.00 bits per heavy atom. The van der Waals surface area contributed by atoms with Gasteiger partial charge in [-0.05, 0) is 32.0 Å². The van der Waals surface area contributed by atoms with E-state index in [2.05, 4.69) is 24.7 Å². The van der Waals surface area contributed by atoms with Gasteiger partial charge in [-0.1, -0.05) is 0 Å². The van der Waals surface area contributed by atoms with Crippen molar-refractivity contribution in [3.63, 3.8) is 0 Å². The van der Waals surface area contributed by atoms with Gasteiger partial charge in [0, 0.05) is 5.69 Å². The van der Waals surface area contributed by atoms with Crippen LogP contribution < -0.4 is 4.74 Å². The summed E-state index contributed by atoms with van der Waals surface area (Å²) in [5.74, 6) is 1.61. The van der Waals surface area contributed by atoms with Gasteiger partial charge in [-0.2, -0.15) is 5.10 Å². The maximum Gasteiger partial charge on any atom is 0.186 e. The Morgan fingerprint density at radius 3 is 2.81 bits per heavy atom. The Balaban J connectivity index is 1.80. The van der Waals surface area contributed by atoms with Crippen LogP contribution >= 0.6 is 0 Å². The van der Waals surface area contributed by atoms with Gasteiger partial charge in [0.25, 0.3) is 0 Å². The van der Waals surface area contributed by atoms with Crippen LogP contribution in [-0.4, -0.2) is 24.7 Å². The van der Waals surface area contributed by atoms with Gasteiger partial charge in [0.1, 0.15) is 17.3 Å². The van der Waals surface area contributed by atoms with Crippen molar-refractivity contribution in [2.75, 3.05) is 0 Å². The van der Waals surface area contributed by atoms with Crippen molar-refractivity contribution >= 4 is 0 Å². The highest BCUT2D eigenvalue weighted by Crippen LogP contribution is 2.38. The number of imidazole rings is 1. The third-order valence-corrected chi connectivity index (χ3v) is 3.59. The predicted octanol–water partition coefficient (Wildman–Crippen LogP) is 2.16. The predicted molar refractivity (Wildman–Crippen MR) is 75.3 cm³/mol. The fraction of sp³-hybridized carbons (Fsp3) is 0.200. The SMILES string of the molecule is Cc1ccc(OC2c3nnccc3-n3c2cnc3C)cn1. The highest BCUT2D eigenvalue weighted by atomic mass is 16.5. The van der Waals surface area contributed by atoms with E-state index >= 15 is 0 Å². The van der Waals surface area contributed by atoms with Crippen molar-refractivity contribution in [1.29, 1.82) is 0 Å².